The molecule has 0 saturated carbocycles. The fourth-order valence-corrected chi connectivity index (χ4v) is 3.04. The number of nitrogens with one attached hydrogen (secondary N) is 1. The Labute approximate surface area is 147 Å². The molecule has 3 rings (SSSR count). The second-order valence-corrected chi connectivity index (χ2v) is 6.29. The number of hydrogen-bond donors (Lipinski definition) is 2. The van der Waals surface area contributed by atoms with Crippen molar-refractivity contribution in [3.8, 4) is 5.75 Å². The lowest BCUT2D eigenvalue weighted by molar-refractivity contribution is -0.115. The molecule has 1 heterocycles. The van der Waals surface area contributed by atoms with Crippen LogP contribution in [0.3, 0.4) is 0 Å². The maximum Gasteiger partial charge on any atom is 0.255 e. The quantitative estimate of drug-likeness (QED) is 0.899. The van der Waals surface area contributed by atoms with Gasteiger partial charge in [-0.1, -0.05) is 24.3 Å². The normalized spacial score (nSPS) is 14.2. The molecule has 5 nitrogen and oxygen atoms in total. The van der Waals surface area contributed by atoms with E-state index in [4.69, 9.17) is 0 Å². The summed E-state index contributed by atoms with van der Waals surface area (Å²) in [6.45, 7) is 1.54. The van der Waals surface area contributed by atoms with E-state index in [1.807, 2.05) is 17.0 Å². The minimum absolute atomic E-state index is 0.0276. The maximum absolute atomic E-state index is 12.7. The van der Waals surface area contributed by atoms with Gasteiger partial charge in [-0.05, 0) is 49.1 Å². The molecule has 1 aliphatic rings. The first-order valence-electron chi connectivity index (χ1n) is 8.59. The number of anilines is 1. The molecule has 2 N–H and O–H groups in total. The van der Waals surface area contributed by atoms with Crippen molar-refractivity contribution in [1.82, 2.24) is 4.90 Å². The zero-order valence-corrected chi connectivity index (χ0v) is 14.1. The van der Waals surface area contributed by atoms with Gasteiger partial charge in [0.1, 0.15) is 5.75 Å². The van der Waals surface area contributed by atoms with Crippen LogP contribution in [0.5, 0.6) is 5.75 Å². The summed E-state index contributed by atoms with van der Waals surface area (Å²) in [5, 5.41) is 12.1. The molecule has 1 saturated heterocycles. The summed E-state index contributed by atoms with van der Waals surface area (Å²) in [6.07, 6.45) is 3.41. The number of rotatable bonds is 4. The van der Waals surface area contributed by atoms with Crippen molar-refractivity contribution in [3.63, 3.8) is 0 Å². The van der Waals surface area contributed by atoms with Gasteiger partial charge in [0.05, 0.1) is 17.7 Å². The van der Waals surface area contributed by atoms with Crippen LogP contribution in [0.4, 0.5) is 5.69 Å². The number of phenols is 1. The molecule has 5 heteroatoms. The Kier molecular flexibility index (Phi) is 5.33. The number of likely N-dealkylation sites (tertiary alicyclic amines) is 1. The fourth-order valence-electron chi connectivity index (χ4n) is 3.04. The van der Waals surface area contributed by atoms with Gasteiger partial charge >= 0.3 is 0 Å². The highest BCUT2D eigenvalue weighted by Crippen LogP contribution is 2.20. The SMILES string of the molecule is O=C(Cc1ccc(O)cc1)Nc1ccccc1C(=O)N1CCCCC1. The first-order chi connectivity index (χ1) is 12.1. The number of amides is 2. The molecular formula is C20H22N2O3. The zero-order valence-electron chi connectivity index (χ0n) is 14.1. The molecule has 0 unspecified atom stereocenters. The van der Waals surface area contributed by atoms with Gasteiger partial charge in [-0.25, -0.2) is 0 Å². The number of para-hydroxylation sites is 1. The molecule has 0 aromatic heterocycles. The summed E-state index contributed by atoms with van der Waals surface area (Å²) in [5.41, 5.74) is 1.88. The third kappa shape index (κ3) is 4.38. The minimum Gasteiger partial charge on any atom is -0.508 e. The molecule has 0 radical (unpaired) electrons. The van der Waals surface area contributed by atoms with Crippen molar-refractivity contribution in [2.75, 3.05) is 18.4 Å². The maximum atomic E-state index is 12.7. The highest BCUT2D eigenvalue weighted by molar-refractivity contribution is 6.04. The lowest BCUT2D eigenvalue weighted by Gasteiger charge is -2.27. The van der Waals surface area contributed by atoms with Crippen molar-refractivity contribution in [2.24, 2.45) is 0 Å². The molecule has 130 valence electrons. The standard InChI is InChI=1S/C20H22N2O3/c23-16-10-8-15(9-11-16)14-19(24)21-18-7-3-2-6-17(18)20(25)22-12-4-1-5-13-22/h2-3,6-11,23H,1,4-5,12-14H2,(H,21,24). The summed E-state index contributed by atoms with van der Waals surface area (Å²) in [5.74, 6) is -0.0496. The van der Waals surface area contributed by atoms with E-state index in [0.29, 0.717) is 11.3 Å². The van der Waals surface area contributed by atoms with Gasteiger partial charge in [0, 0.05) is 13.1 Å². The van der Waals surface area contributed by atoms with Gasteiger partial charge in [0.2, 0.25) is 5.91 Å². The second-order valence-electron chi connectivity index (χ2n) is 6.29. The fraction of sp³-hybridized carbons (Fsp3) is 0.300. The number of aromatic hydroxyl groups is 1. The van der Waals surface area contributed by atoms with Gasteiger partial charge in [-0.2, -0.15) is 0 Å². The highest BCUT2D eigenvalue weighted by atomic mass is 16.3. The molecule has 0 atom stereocenters. The average molecular weight is 338 g/mol. The van der Waals surface area contributed by atoms with Crippen LogP contribution >= 0.6 is 0 Å². The topological polar surface area (TPSA) is 69.6 Å². The summed E-state index contributed by atoms with van der Waals surface area (Å²) in [7, 11) is 0. The molecule has 0 bridgehead atoms. The molecule has 2 aromatic rings. The van der Waals surface area contributed by atoms with E-state index in [2.05, 4.69) is 5.32 Å². The van der Waals surface area contributed by atoms with Crippen LogP contribution < -0.4 is 5.32 Å². The van der Waals surface area contributed by atoms with E-state index in [1.54, 1.807) is 36.4 Å². The van der Waals surface area contributed by atoms with Crippen molar-refractivity contribution >= 4 is 17.5 Å². The minimum atomic E-state index is -0.190. The van der Waals surface area contributed by atoms with Crippen molar-refractivity contribution in [3.05, 3.63) is 59.7 Å². The zero-order chi connectivity index (χ0) is 17.6. The van der Waals surface area contributed by atoms with E-state index in [0.717, 1.165) is 37.9 Å². The number of nitrogens with zero attached hydrogens (tertiary/aromatic N) is 1. The molecule has 1 aliphatic heterocycles. The summed E-state index contributed by atoms with van der Waals surface area (Å²) in [4.78, 5) is 26.9. The lowest BCUT2D eigenvalue weighted by Crippen LogP contribution is -2.36. The van der Waals surface area contributed by atoms with Gasteiger partial charge < -0.3 is 15.3 Å². The van der Waals surface area contributed by atoms with E-state index in [1.165, 1.54) is 0 Å². The van der Waals surface area contributed by atoms with E-state index in [9.17, 15) is 14.7 Å². The third-order valence-electron chi connectivity index (χ3n) is 4.38. The lowest BCUT2D eigenvalue weighted by atomic mass is 10.1. The Hall–Kier alpha value is -2.82. The molecule has 2 aromatic carbocycles. The molecule has 25 heavy (non-hydrogen) atoms. The number of piperidine rings is 1. The van der Waals surface area contributed by atoms with Crippen LogP contribution in [0, 0.1) is 0 Å². The molecule has 1 fully saturated rings. The number of hydrogen-bond acceptors (Lipinski definition) is 3. The van der Waals surface area contributed by atoms with Gasteiger partial charge in [-0.3, -0.25) is 9.59 Å². The van der Waals surface area contributed by atoms with E-state index < -0.39 is 0 Å². The average Bonchev–Trinajstić information content (AvgIpc) is 2.64. The number of carbonyl (C=O) groups is 2. The van der Waals surface area contributed by atoms with Crippen molar-refractivity contribution in [2.45, 2.75) is 25.7 Å². The Bertz CT molecular complexity index is 750. The van der Waals surface area contributed by atoms with E-state index >= 15 is 0 Å². The molecule has 0 aliphatic carbocycles. The van der Waals surface area contributed by atoms with E-state index in [-0.39, 0.29) is 24.0 Å². The van der Waals surface area contributed by atoms with Gasteiger partial charge in [0.25, 0.3) is 5.91 Å². The number of carbonyl (C=O) groups excluding carboxylic acids is 2. The number of phenolic OH excluding ortho intramolecular Hbond substituents is 1. The molecule has 2 amide bonds. The Morgan fingerprint density at radius 2 is 1.64 bits per heavy atom. The smallest absolute Gasteiger partial charge is 0.255 e. The summed E-state index contributed by atoms with van der Waals surface area (Å²) in [6, 6.07) is 13.7. The molecular weight excluding hydrogens is 316 g/mol. The van der Waals surface area contributed by atoms with Crippen LogP contribution in [0.15, 0.2) is 48.5 Å². The van der Waals surface area contributed by atoms with Crippen LogP contribution in [-0.4, -0.2) is 34.9 Å². The summed E-state index contributed by atoms with van der Waals surface area (Å²) >= 11 is 0. The van der Waals surface area contributed by atoms with Crippen LogP contribution in [-0.2, 0) is 11.2 Å². The van der Waals surface area contributed by atoms with Crippen molar-refractivity contribution in [1.29, 1.82) is 0 Å². The highest BCUT2D eigenvalue weighted by Gasteiger charge is 2.21. The van der Waals surface area contributed by atoms with Crippen LogP contribution in [0.2, 0.25) is 0 Å². The first-order valence-corrected chi connectivity index (χ1v) is 8.59. The monoisotopic (exact) mass is 338 g/mol. The third-order valence-corrected chi connectivity index (χ3v) is 4.38. The first kappa shape index (κ1) is 17.0. The largest absolute Gasteiger partial charge is 0.508 e. The predicted octanol–water partition coefficient (Wildman–Crippen LogP) is 3.20. The Morgan fingerprint density at radius 3 is 2.36 bits per heavy atom. The van der Waals surface area contributed by atoms with Gasteiger partial charge in [-0.15, -0.1) is 0 Å². The van der Waals surface area contributed by atoms with Crippen molar-refractivity contribution < 1.29 is 14.7 Å². The van der Waals surface area contributed by atoms with Crippen LogP contribution in [0.1, 0.15) is 35.2 Å². The summed E-state index contributed by atoms with van der Waals surface area (Å²) < 4.78 is 0. The van der Waals surface area contributed by atoms with Gasteiger partial charge in [0.15, 0.2) is 0 Å². The number of benzene rings is 2. The molecule has 0 spiro atoms. The Balaban J connectivity index is 1.70. The Morgan fingerprint density at radius 1 is 0.960 bits per heavy atom. The predicted molar refractivity (Wildman–Crippen MR) is 96.6 cm³/mol. The second kappa shape index (κ2) is 7.83. The van der Waals surface area contributed by atoms with Crippen LogP contribution in [0.25, 0.3) is 0 Å².